The average molecular weight is 219 g/mol. The molecule has 0 aromatic carbocycles. The van der Waals surface area contributed by atoms with Gasteiger partial charge in [0.25, 0.3) is 9.05 Å². The summed E-state index contributed by atoms with van der Waals surface area (Å²) >= 11 is 6.13. The topological polar surface area (TPSA) is 59.9 Å². The Bertz CT molecular complexity index is 331. The van der Waals surface area contributed by atoms with Gasteiger partial charge in [0.2, 0.25) is 5.03 Å². The quantitative estimate of drug-likeness (QED) is 0.664. The normalized spacial score (nSPS) is 11.8. The molecule has 0 aliphatic heterocycles. The summed E-state index contributed by atoms with van der Waals surface area (Å²) in [6.07, 6.45) is 0. The van der Waals surface area contributed by atoms with Gasteiger partial charge >= 0.3 is 0 Å². The summed E-state index contributed by atoms with van der Waals surface area (Å²) in [5, 5.41) is 2.83. The summed E-state index contributed by atoms with van der Waals surface area (Å²) in [7, 11) is 1.08. The van der Waals surface area contributed by atoms with E-state index in [1.54, 1.807) is 0 Å². The van der Waals surface area contributed by atoms with Crippen molar-refractivity contribution in [3.63, 3.8) is 0 Å². The standard InChI is InChI=1S/C2Cl2N2O2S2/c3-1-2(5-6-9-1)10(4,7)8. The molecule has 0 aliphatic rings. The van der Waals surface area contributed by atoms with Crippen LogP contribution in [0, 0.1) is 0 Å². The Balaban J connectivity index is 3.32. The van der Waals surface area contributed by atoms with Gasteiger partial charge in [0.1, 0.15) is 0 Å². The first kappa shape index (κ1) is 8.19. The van der Waals surface area contributed by atoms with E-state index < -0.39 is 9.05 Å². The van der Waals surface area contributed by atoms with E-state index in [1.165, 1.54) is 0 Å². The van der Waals surface area contributed by atoms with Gasteiger partial charge in [-0.3, -0.25) is 0 Å². The van der Waals surface area contributed by atoms with E-state index in [-0.39, 0.29) is 9.36 Å². The van der Waals surface area contributed by atoms with Gasteiger partial charge < -0.3 is 0 Å². The van der Waals surface area contributed by atoms with E-state index in [0.29, 0.717) is 0 Å². The molecule has 0 amide bonds. The lowest BCUT2D eigenvalue weighted by atomic mass is 11.0. The van der Waals surface area contributed by atoms with Gasteiger partial charge in [0, 0.05) is 22.2 Å². The van der Waals surface area contributed by atoms with E-state index in [1.807, 2.05) is 0 Å². The molecular weight excluding hydrogens is 219 g/mol. The van der Waals surface area contributed by atoms with Crippen molar-refractivity contribution in [2.24, 2.45) is 0 Å². The zero-order valence-corrected chi connectivity index (χ0v) is 7.43. The predicted molar refractivity (Wildman–Crippen MR) is 38.0 cm³/mol. The summed E-state index contributed by atoms with van der Waals surface area (Å²) in [5.74, 6) is 0. The fourth-order valence-electron chi connectivity index (χ4n) is 0.316. The van der Waals surface area contributed by atoms with Crippen LogP contribution in [0.1, 0.15) is 0 Å². The third-order valence-corrected chi connectivity index (χ3v) is 2.98. The van der Waals surface area contributed by atoms with Crippen molar-refractivity contribution >= 4 is 42.9 Å². The lowest BCUT2D eigenvalue weighted by Gasteiger charge is -1.84. The highest BCUT2D eigenvalue weighted by atomic mass is 35.7. The van der Waals surface area contributed by atoms with Crippen molar-refractivity contribution in [1.29, 1.82) is 0 Å². The Morgan fingerprint density at radius 1 is 1.50 bits per heavy atom. The second-order valence-electron chi connectivity index (χ2n) is 1.29. The molecule has 1 heterocycles. The largest absolute Gasteiger partial charge is 0.282 e. The maximum atomic E-state index is 10.5. The number of hydrogen-bond donors (Lipinski definition) is 0. The second kappa shape index (κ2) is 2.61. The van der Waals surface area contributed by atoms with Crippen molar-refractivity contribution in [3.8, 4) is 0 Å². The number of hydrogen-bond acceptors (Lipinski definition) is 5. The number of aromatic nitrogens is 2. The minimum Gasteiger partial charge on any atom is -0.205 e. The molecule has 1 rings (SSSR count). The number of rotatable bonds is 1. The van der Waals surface area contributed by atoms with Crippen LogP contribution in [0.3, 0.4) is 0 Å². The molecule has 1 aromatic heterocycles. The molecule has 0 atom stereocenters. The van der Waals surface area contributed by atoms with Gasteiger partial charge in [-0.05, 0) is 0 Å². The van der Waals surface area contributed by atoms with Gasteiger partial charge in [-0.2, -0.15) is 0 Å². The van der Waals surface area contributed by atoms with Crippen LogP contribution in [0.25, 0.3) is 0 Å². The minimum absolute atomic E-state index is 0.0185. The van der Waals surface area contributed by atoms with Crippen LogP contribution in [0.5, 0.6) is 0 Å². The van der Waals surface area contributed by atoms with Crippen LogP contribution in [0.15, 0.2) is 5.03 Å². The molecule has 0 saturated carbocycles. The van der Waals surface area contributed by atoms with Crippen LogP contribution in [-0.4, -0.2) is 18.0 Å². The molecule has 0 spiro atoms. The number of nitrogens with zero attached hydrogens (tertiary/aromatic N) is 2. The van der Waals surface area contributed by atoms with Crippen LogP contribution < -0.4 is 0 Å². The lowest BCUT2D eigenvalue weighted by Crippen LogP contribution is -1.90. The predicted octanol–water partition coefficient (Wildman–Crippen LogP) is 1.12. The molecule has 0 aliphatic carbocycles. The molecule has 0 unspecified atom stereocenters. The van der Waals surface area contributed by atoms with E-state index in [0.717, 1.165) is 11.5 Å². The molecule has 0 radical (unpaired) electrons. The molecule has 0 bridgehead atoms. The number of halogens is 2. The van der Waals surface area contributed by atoms with Gasteiger partial charge in [-0.25, -0.2) is 8.42 Å². The molecule has 56 valence electrons. The highest BCUT2D eigenvalue weighted by Gasteiger charge is 2.18. The first-order valence-electron chi connectivity index (χ1n) is 1.94. The summed E-state index contributed by atoms with van der Waals surface area (Å²) in [6, 6.07) is 0. The summed E-state index contributed by atoms with van der Waals surface area (Å²) in [5.41, 5.74) is 0. The SMILES string of the molecule is O=S(=O)(Cl)c1nnsc1Cl. The Labute approximate surface area is 70.4 Å². The fourth-order valence-corrected chi connectivity index (χ4v) is 2.47. The maximum Gasteiger partial charge on any atom is 0.282 e. The van der Waals surface area contributed by atoms with Crippen molar-refractivity contribution in [2.75, 3.05) is 0 Å². The molecule has 10 heavy (non-hydrogen) atoms. The summed E-state index contributed by atoms with van der Waals surface area (Å²) in [4.78, 5) is 0. The van der Waals surface area contributed by atoms with Crippen molar-refractivity contribution < 1.29 is 8.42 Å². The summed E-state index contributed by atoms with van der Waals surface area (Å²) < 4.78 is 24.3. The van der Waals surface area contributed by atoms with Crippen molar-refractivity contribution in [3.05, 3.63) is 4.34 Å². The highest BCUT2D eigenvalue weighted by Crippen LogP contribution is 2.24. The van der Waals surface area contributed by atoms with Crippen LogP contribution in [0.2, 0.25) is 4.34 Å². The molecule has 1 aromatic rings. The van der Waals surface area contributed by atoms with Crippen LogP contribution >= 0.6 is 33.8 Å². The van der Waals surface area contributed by atoms with E-state index in [4.69, 9.17) is 22.3 Å². The Morgan fingerprint density at radius 2 is 2.10 bits per heavy atom. The van der Waals surface area contributed by atoms with Gasteiger partial charge in [-0.15, -0.1) is 5.10 Å². The molecular formula is C2Cl2N2O2S2. The van der Waals surface area contributed by atoms with Crippen LogP contribution in [-0.2, 0) is 9.05 Å². The lowest BCUT2D eigenvalue weighted by molar-refractivity contribution is 0.606. The third-order valence-electron chi connectivity index (χ3n) is 0.652. The Kier molecular flexibility index (Phi) is 2.14. The molecule has 0 N–H and O–H groups in total. The highest BCUT2D eigenvalue weighted by molar-refractivity contribution is 8.13. The zero-order chi connectivity index (χ0) is 7.78. The molecule has 8 heteroatoms. The molecule has 4 nitrogen and oxygen atoms in total. The smallest absolute Gasteiger partial charge is 0.205 e. The molecule has 0 fully saturated rings. The fraction of sp³-hybridized carbons (Fsp3) is 0. The molecule has 0 saturated heterocycles. The van der Waals surface area contributed by atoms with Gasteiger partial charge in [0.05, 0.1) is 0 Å². The second-order valence-corrected chi connectivity index (χ2v) is 5.13. The first-order chi connectivity index (χ1) is 4.52. The van der Waals surface area contributed by atoms with Crippen molar-refractivity contribution in [1.82, 2.24) is 9.59 Å². The van der Waals surface area contributed by atoms with E-state index >= 15 is 0 Å². The Hall–Kier alpha value is 0.0900. The zero-order valence-electron chi connectivity index (χ0n) is 4.28. The van der Waals surface area contributed by atoms with Gasteiger partial charge in [0.15, 0.2) is 4.34 Å². The average Bonchev–Trinajstić information content (AvgIpc) is 2.11. The first-order valence-corrected chi connectivity index (χ1v) is 5.40. The van der Waals surface area contributed by atoms with E-state index in [9.17, 15) is 8.42 Å². The van der Waals surface area contributed by atoms with Crippen LogP contribution in [0.4, 0.5) is 0 Å². The van der Waals surface area contributed by atoms with Gasteiger partial charge in [-0.1, -0.05) is 16.1 Å². The minimum atomic E-state index is -3.81. The van der Waals surface area contributed by atoms with E-state index in [2.05, 4.69) is 9.59 Å². The summed E-state index contributed by atoms with van der Waals surface area (Å²) in [6.45, 7) is 0. The van der Waals surface area contributed by atoms with Crippen molar-refractivity contribution in [2.45, 2.75) is 5.03 Å². The monoisotopic (exact) mass is 218 g/mol. The Morgan fingerprint density at radius 3 is 2.30 bits per heavy atom. The third kappa shape index (κ3) is 1.57. The maximum absolute atomic E-state index is 10.5.